The molecule has 0 bridgehead atoms. The molecule has 3 aromatic rings. The maximum Gasteiger partial charge on any atom is 0.229 e. The Morgan fingerprint density at radius 2 is 1.88 bits per heavy atom. The zero-order valence-electron chi connectivity index (χ0n) is 13.2. The number of nitrogens with one attached hydrogen (secondary N) is 1. The number of hydrogen-bond acceptors (Lipinski definition) is 5. The van der Waals surface area contributed by atoms with E-state index in [0.29, 0.717) is 18.8 Å². The third-order valence-corrected chi connectivity index (χ3v) is 3.45. The van der Waals surface area contributed by atoms with E-state index in [0.717, 1.165) is 22.8 Å². The summed E-state index contributed by atoms with van der Waals surface area (Å²) in [5.74, 6) is 2.47. The van der Waals surface area contributed by atoms with E-state index in [4.69, 9.17) is 9.15 Å². The van der Waals surface area contributed by atoms with E-state index in [9.17, 15) is 4.79 Å². The number of benzene rings is 1. The maximum absolute atomic E-state index is 11.9. The molecule has 0 atom stereocenters. The van der Waals surface area contributed by atoms with E-state index in [-0.39, 0.29) is 5.91 Å². The molecule has 3 rings (SSSR count). The van der Waals surface area contributed by atoms with Gasteiger partial charge in [-0.2, -0.15) is 0 Å². The lowest BCUT2D eigenvalue weighted by molar-refractivity contribution is -0.116. The fourth-order valence-electron chi connectivity index (χ4n) is 2.21. The smallest absolute Gasteiger partial charge is 0.229 e. The van der Waals surface area contributed by atoms with Gasteiger partial charge in [-0.25, -0.2) is 9.97 Å². The van der Waals surface area contributed by atoms with Crippen molar-refractivity contribution in [1.82, 2.24) is 9.97 Å². The predicted octanol–water partition coefficient (Wildman–Crippen LogP) is 3.32. The number of anilines is 1. The molecule has 0 aliphatic heterocycles. The zero-order chi connectivity index (χ0) is 16.8. The van der Waals surface area contributed by atoms with Crippen LogP contribution in [0.1, 0.15) is 12.2 Å². The van der Waals surface area contributed by atoms with Crippen LogP contribution in [0.2, 0.25) is 0 Å². The van der Waals surface area contributed by atoms with Crippen LogP contribution in [0.3, 0.4) is 0 Å². The first-order valence-electron chi connectivity index (χ1n) is 7.54. The third-order valence-electron chi connectivity index (χ3n) is 3.45. The summed E-state index contributed by atoms with van der Waals surface area (Å²) < 4.78 is 10.9. The molecule has 1 amide bonds. The monoisotopic (exact) mass is 323 g/mol. The van der Waals surface area contributed by atoms with Crippen molar-refractivity contribution in [3.63, 3.8) is 0 Å². The van der Waals surface area contributed by atoms with Crippen LogP contribution in [-0.2, 0) is 11.2 Å². The van der Waals surface area contributed by atoms with Crippen LogP contribution < -0.4 is 10.1 Å². The SMILES string of the molecule is COc1ccc(-c2ccc(CCC(=O)Nc3ncccn3)o2)cc1. The molecule has 0 radical (unpaired) electrons. The Kier molecular flexibility index (Phi) is 4.86. The minimum atomic E-state index is -0.149. The quantitative estimate of drug-likeness (QED) is 0.753. The summed E-state index contributed by atoms with van der Waals surface area (Å²) in [5.41, 5.74) is 0.962. The van der Waals surface area contributed by atoms with Crippen molar-refractivity contribution < 1.29 is 13.9 Å². The van der Waals surface area contributed by atoms with Gasteiger partial charge in [0.25, 0.3) is 0 Å². The predicted molar refractivity (Wildman–Crippen MR) is 89.7 cm³/mol. The van der Waals surface area contributed by atoms with E-state index in [1.807, 2.05) is 36.4 Å². The lowest BCUT2D eigenvalue weighted by atomic mass is 10.2. The topological polar surface area (TPSA) is 77.2 Å². The van der Waals surface area contributed by atoms with Gasteiger partial charge in [0.05, 0.1) is 7.11 Å². The molecule has 0 spiro atoms. The Bertz CT molecular complexity index is 798. The molecule has 1 N–H and O–H groups in total. The lowest BCUT2D eigenvalue weighted by Crippen LogP contribution is -2.14. The summed E-state index contributed by atoms with van der Waals surface area (Å²) in [5, 5.41) is 2.65. The standard InChI is InChI=1S/C18H17N3O3/c1-23-14-5-3-13(4-6-14)16-9-7-15(24-16)8-10-17(22)21-18-19-11-2-12-20-18/h2-7,9,11-12H,8,10H2,1H3,(H,19,20,21,22). The molecule has 0 aliphatic carbocycles. The fourth-order valence-corrected chi connectivity index (χ4v) is 2.21. The van der Waals surface area contributed by atoms with Crippen molar-refractivity contribution in [3.05, 3.63) is 60.6 Å². The minimum Gasteiger partial charge on any atom is -0.497 e. The number of ether oxygens (including phenoxy) is 1. The van der Waals surface area contributed by atoms with E-state index in [2.05, 4.69) is 15.3 Å². The highest BCUT2D eigenvalue weighted by molar-refractivity contribution is 5.88. The Labute approximate surface area is 139 Å². The molecule has 0 fully saturated rings. The van der Waals surface area contributed by atoms with Gasteiger partial charge in [0, 0.05) is 30.8 Å². The first kappa shape index (κ1) is 15.7. The van der Waals surface area contributed by atoms with Gasteiger partial charge < -0.3 is 9.15 Å². The largest absolute Gasteiger partial charge is 0.497 e. The van der Waals surface area contributed by atoms with Gasteiger partial charge in [0.1, 0.15) is 17.3 Å². The van der Waals surface area contributed by atoms with E-state index in [1.165, 1.54) is 0 Å². The van der Waals surface area contributed by atoms with Gasteiger partial charge >= 0.3 is 0 Å². The number of furan rings is 1. The van der Waals surface area contributed by atoms with Crippen LogP contribution in [0, 0.1) is 0 Å². The van der Waals surface area contributed by atoms with Gasteiger partial charge in [0.15, 0.2) is 0 Å². The minimum absolute atomic E-state index is 0.149. The van der Waals surface area contributed by atoms with Crippen molar-refractivity contribution in [1.29, 1.82) is 0 Å². The highest BCUT2D eigenvalue weighted by Crippen LogP contribution is 2.25. The molecule has 0 unspecified atom stereocenters. The van der Waals surface area contributed by atoms with Crippen LogP contribution in [0.25, 0.3) is 11.3 Å². The number of hydrogen-bond donors (Lipinski definition) is 1. The molecule has 24 heavy (non-hydrogen) atoms. The number of carbonyl (C=O) groups excluding carboxylic acids is 1. The molecular formula is C18H17N3O3. The number of aryl methyl sites for hydroxylation is 1. The number of rotatable bonds is 6. The second-order valence-electron chi connectivity index (χ2n) is 5.12. The van der Waals surface area contributed by atoms with Crippen LogP contribution in [0.4, 0.5) is 5.95 Å². The average molecular weight is 323 g/mol. The average Bonchev–Trinajstić information content (AvgIpc) is 3.10. The molecule has 2 heterocycles. The summed E-state index contributed by atoms with van der Waals surface area (Å²) in [6, 6.07) is 13.1. The molecule has 0 saturated heterocycles. The van der Waals surface area contributed by atoms with Crippen molar-refractivity contribution in [2.45, 2.75) is 12.8 Å². The van der Waals surface area contributed by atoms with Crippen molar-refractivity contribution in [2.75, 3.05) is 12.4 Å². The van der Waals surface area contributed by atoms with E-state index in [1.54, 1.807) is 25.6 Å². The Hall–Kier alpha value is -3.15. The zero-order valence-corrected chi connectivity index (χ0v) is 13.2. The van der Waals surface area contributed by atoms with E-state index < -0.39 is 0 Å². The van der Waals surface area contributed by atoms with Crippen molar-refractivity contribution in [3.8, 4) is 17.1 Å². The Morgan fingerprint density at radius 3 is 2.58 bits per heavy atom. The van der Waals surface area contributed by atoms with Crippen LogP contribution >= 0.6 is 0 Å². The fraction of sp³-hybridized carbons (Fsp3) is 0.167. The van der Waals surface area contributed by atoms with Crippen molar-refractivity contribution in [2.24, 2.45) is 0 Å². The molecule has 122 valence electrons. The second-order valence-corrected chi connectivity index (χ2v) is 5.12. The summed E-state index contributed by atoms with van der Waals surface area (Å²) in [7, 11) is 1.63. The third kappa shape index (κ3) is 3.98. The summed E-state index contributed by atoms with van der Waals surface area (Å²) in [6.07, 6.45) is 3.97. The van der Waals surface area contributed by atoms with Gasteiger partial charge in [-0.3, -0.25) is 10.1 Å². The van der Waals surface area contributed by atoms with Gasteiger partial charge in [0.2, 0.25) is 11.9 Å². The first-order chi connectivity index (χ1) is 11.7. The Balaban J connectivity index is 1.56. The number of nitrogens with zero attached hydrogens (tertiary/aromatic N) is 2. The highest BCUT2D eigenvalue weighted by atomic mass is 16.5. The molecule has 6 heteroatoms. The molecular weight excluding hydrogens is 306 g/mol. The lowest BCUT2D eigenvalue weighted by Gasteiger charge is -2.02. The van der Waals surface area contributed by atoms with Crippen LogP contribution in [0.5, 0.6) is 5.75 Å². The normalized spacial score (nSPS) is 10.4. The summed E-state index contributed by atoms with van der Waals surface area (Å²) >= 11 is 0. The molecule has 2 aromatic heterocycles. The number of aromatic nitrogens is 2. The Morgan fingerprint density at radius 1 is 1.12 bits per heavy atom. The number of methoxy groups -OCH3 is 1. The number of carbonyl (C=O) groups is 1. The molecule has 0 saturated carbocycles. The number of amides is 1. The molecule has 6 nitrogen and oxygen atoms in total. The van der Waals surface area contributed by atoms with Gasteiger partial charge in [-0.1, -0.05) is 0 Å². The van der Waals surface area contributed by atoms with Crippen molar-refractivity contribution >= 4 is 11.9 Å². The second kappa shape index (κ2) is 7.41. The van der Waals surface area contributed by atoms with Gasteiger partial charge in [-0.15, -0.1) is 0 Å². The maximum atomic E-state index is 11.9. The van der Waals surface area contributed by atoms with E-state index >= 15 is 0 Å². The van der Waals surface area contributed by atoms with Gasteiger partial charge in [-0.05, 0) is 42.5 Å². The van der Waals surface area contributed by atoms with Crippen LogP contribution in [-0.4, -0.2) is 23.0 Å². The molecule has 0 aliphatic rings. The van der Waals surface area contributed by atoms with Crippen LogP contribution in [0.15, 0.2) is 59.3 Å². The summed E-state index contributed by atoms with van der Waals surface area (Å²) in [6.45, 7) is 0. The molecule has 1 aromatic carbocycles. The first-order valence-corrected chi connectivity index (χ1v) is 7.54. The highest BCUT2D eigenvalue weighted by Gasteiger charge is 2.09. The summed E-state index contributed by atoms with van der Waals surface area (Å²) in [4.78, 5) is 19.8.